The molecular formula is C14H14F3NO4. The average Bonchev–Trinajstić information content (AvgIpc) is 2.84. The molecule has 0 saturated carbocycles. The number of hydrogen-bond donors (Lipinski definition) is 1. The summed E-state index contributed by atoms with van der Waals surface area (Å²) in [5, 5.41) is 8.84. The molecule has 1 amide bonds. The van der Waals surface area contributed by atoms with Gasteiger partial charge in [0.15, 0.2) is 0 Å². The van der Waals surface area contributed by atoms with Crippen LogP contribution in [-0.2, 0) is 4.79 Å². The van der Waals surface area contributed by atoms with Gasteiger partial charge in [0, 0.05) is 18.7 Å². The van der Waals surface area contributed by atoms with Gasteiger partial charge in [-0.25, -0.2) is 4.39 Å². The van der Waals surface area contributed by atoms with Crippen molar-refractivity contribution in [1.82, 2.24) is 4.90 Å². The third-order valence-corrected chi connectivity index (χ3v) is 3.44. The van der Waals surface area contributed by atoms with Crippen molar-refractivity contribution in [2.75, 3.05) is 6.54 Å². The van der Waals surface area contributed by atoms with Gasteiger partial charge in [0.1, 0.15) is 11.6 Å². The van der Waals surface area contributed by atoms with Gasteiger partial charge in [0.05, 0.1) is 12.0 Å². The number of amides is 1. The summed E-state index contributed by atoms with van der Waals surface area (Å²) in [4.78, 5) is 24.5. The number of carboxylic acid groups (broad SMARTS) is 1. The van der Waals surface area contributed by atoms with Crippen LogP contribution in [0.4, 0.5) is 13.2 Å². The molecule has 1 fully saturated rings. The van der Waals surface area contributed by atoms with Gasteiger partial charge in [-0.1, -0.05) is 0 Å². The monoisotopic (exact) mass is 317 g/mol. The number of rotatable bonds is 5. The Kier molecular flexibility index (Phi) is 4.89. The Hall–Kier alpha value is -2.25. The van der Waals surface area contributed by atoms with E-state index < -0.39 is 36.1 Å². The van der Waals surface area contributed by atoms with Gasteiger partial charge in [0.2, 0.25) is 0 Å². The number of benzene rings is 1. The molecule has 2 rings (SSSR count). The maximum atomic E-state index is 13.2. The fourth-order valence-electron chi connectivity index (χ4n) is 2.54. The molecule has 1 unspecified atom stereocenters. The summed E-state index contributed by atoms with van der Waals surface area (Å²) in [5.74, 6) is -3.05. The molecule has 22 heavy (non-hydrogen) atoms. The summed E-state index contributed by atoms with van der Waals surface area (Å²) in [6.07, 6.45) is 0.915. The molecule has 0 aliphatic carbocycles. The Morgan fingerprint density at radius 1 is 1.41 bits per heavy atom. The minimum Gasteiger partial charge on any atom is -0.481 e. The number of carbonyl (C=O) groups excluding carboxylic acids is 1. The van der Waals surface area contributed by atoms with Crippen LogP contribution in [0, 0.1) is 5.82 Å². The maximum Gasteiger partial charge on any atom is 0.387 e. The van der Waals surface area contributed by atoms with E-state index in [4.69, 9.17) is 5.11 Å². The number of carboxylic acids is 1. The fraction of sp³-hybridized carbons (Fsp3) is 0.429. The third-order valence-electron chi connectivity index (χ3n) is 3.44. The van der Waals surface area contributed by atoms with Crippen LogP contribution in [0.3, 0.4) is 0 Å². The molecule has 1 aliphatic rings. The Labute approximate surface area is 124 Å². The van der Waals surface area contributed by atoms with Crippen LogP contribution in [0.2, 0.25) is 0 Å². The van der Waals surface area contributed by atoms with Crippen molar-refractivity contribution < 1.29 is 32.6 Å². The van der Waals surface area contributed by atoms with Gasteiger partial charge in [-0.2, -0.15) is 8.78 Å². The predicted molar refractivity (Wildman–Crippen MR) is 69.3 cm³/mol. The molecule has 0 spiro atoms. The van der Waals surface area contributed by atoms with E-state index in [-0.39, 0.29) is 12.0 Å². The molecule has 1 saturated heterocycles. The molecule has 0 bridgehead atoms. The van der Waals surface area contributed by atoms with Crippen LogP contribution in [0.1, 0.15) is 29.6 Å². The van der Waals surface area contributed by atoms with Gasteiger partial charge in [0.25, 0.3) is 5.91 Å². The van der Waals surface area contributed by atoms with E-state index in [1.54, 1.807) is 0 Å². The molecular weight excluding hydrogens is 303 g/mol. The number of aliphatic carboxylic acids is 1. The zero-order valence-electron chi connectivity index (χ0n) is 11.5. The Balaban J connectivity index is 2.26. The van der Waals surface area contributed by atoms with Crippen molar-refractivity contribution in [2.45, 2.75) is 31.9 Å². The fourth-order valence-corrected chi connectivity index (χ4v) is 2.54. The van der Waals surface area contributed by atoms with E-state index in [1.165, 1.54) is 4.90 Å². The van der Waals surface area contributed by atoms with Crippen molar-refractivity contribution >= 4 is 11.9 Å². The second-order valence-corrected chi connectivity index (χ2v) is 4.91. The molecule has 1 aromatic rings. The van der Waals surface area contributed by atoms with Crippen LogP contribution in [0.5, 0.6) is 5.75 Å². The van der Waals surface area contributed by atoms with Crippen LogP contribution < -0.4 is 4.74 Å². The Morgan fingerprint density at radius 3 is 2.77 bits per heavy atom. The molecule has 120 valence electrons. The number of ether oxygens (including phenoxy) is 1. The van der Waals surface area contributed by atoms with Crippen LogP contribution in [0.25, 0.3) is 0 Å². The van der Waals surface area contributed by atoms with Crippen LogP contribution in [0.15, 0.2) is 18.2 Å². The van der Waals surface area contributed by atoms with E-state index in [9.17, 15) is 22.8 Å². The molecule has 1 N–H and O–H groups in total. The first kappa shape index (κ1) is 16.1. The highest BCUT2D eigenvalue weighted by molar-refractivity contribution is 5.97. The first-order valence-corrected chi connectivity index (χ1v) is 6.65. The normalized spacial score (nSPS) is 17.8. The predicted octanol–water partition coefficient (Wildman–Crippen LogP) is 2.51. The maximum absolute atomic E-state index is 13.2. The second kappa shape index (κ2) is 6.67. The summed E-state index contributed by atoms with van der Waals surface area (Å²) >= 11 is 0. The molecule has 0 radical (unpaired) electrons. The number of likely N-dealkylation sites (tertiary alicyclic amines) is 1. The third kappa shape index (κ3) is 3.69. The summed E-state index contributed by atoms with van der Waals surface area (Å²) in [6, 6.07) is 2.23. The molecule has 5 nitrogen and oxygen atoms in total. The lowest BCUT2D eigenvalue weighted by Gasteiger charge is -2.24. The average molecular weight is 317 g/mol. The molecule has 1 aromatic carbocycles. The quantitative estimate of drug-likeness (QED) is 0.906. The lowest BCUT2D eigenvalue weighted by atomic mass is 10.1. The van der Waals surface area contributed by atoms with Crippen LogP contribution in [-0.4, -0.2) is 41.1 Å². The molecule has 0 aromatic heterocycles. The highest BCUT2D eigenvalue weighted by atomic mass is 19.3. The molecule has 1 heterocycles. The van der Waals surface area contributed by atoms with Crippen molar-refractivity contribution in [1.29, 1.82) is 0 Å². The zero-order valence-corrected chi connectivity index (χ0v) is 11.5. The van der Waals surface area contributed by atoms with Crippen molar-refractivity contribution in [2.24, 2.45) is 0 Å². The van der Waals surface area contributed by atoms with E-state index >= 15 is 0 Å². The second-order valence-electron chi connectivity index (χ2n) is 4.91. The number of alkyl halides is 2. The largest absolute Gasteiger partial charge is 0.481 e. The number of halogens is 3. The zero-order chi connectivity index (χ0) is 16.3. The topological polar surface area (TPSA) is 66.8 Å². The molecule has 8 heteroatoms. The summed E-state index contributed by atoms with van der Waals surface area (Å²) in [6.45, 7) is -2.87. The number of hydrogen-bond acceptors (Lipinski definition) is 3. The highest BCUT2D eigenvalue weighted by Gasteiger charge is 2.32. The lowest BCUT2D eigenvalue weighted by Crippen LogP contribution is -2.37. The van der Waals surface area contributed by atoms with E-state index in [1.807, 2.05) is 0 Å². The number of carbonyl (C=O) groups is 2. The van der Waals surface area contributed by atoms with E-state index in [0.29, 0.717) is 25.5 Å². The van der Waals surface area contributed by atoms with Gasteiger partial charge >= 0.3 is 12.6 Å². The molecule has 1 atom stereocenters. The van der Waals surface area contributed by atoms with Crippen molar-refractivity contribution in [3.8, 4) is 5.75 Å². The minimum absolute atomic E-state index is 0.209. The first-order valence-electron chi connectivity index (χ1n) is 6.65. The smallest absolute Gasteiger partial charge is 0.387 e. The summed E-state index contributed by atoms with van der Waals surface area (Å²) in [7, 11) is 0. The van der Waals surface area contributed by atoms with Gasteiger partial charge < -0.3 is 14.7 Å². The highest BCUT2D eigenvalue weighted by Crippen LogP contribution is 2.28. The molecule has 1 aliphatic heterocycles. The lowest BCUT2D eigenvalue weighted by molar-refractivity contribution is -0.137. The standard InChI is InChI=1S/C14H14F3NO4/c15-8-3-4-10(11(6-8)22-14(16)17)13(21)18-5-1-2-9(18)7-12(19)20/h3-4,6,9,14H,1-2,5,7H2,(H,19,20). The van der Waals surface area contributed by atoms with Gasteiger partial charge in [-0.15, -0.1) is 0 Å². The van der Waals surface area contributed by atoms with Gasteiger partial charge in [-0.05, 0) is 25.0 Å². The Bertz CT molecular complexity index is 579. The summed E-state index contributed by atoms with van der Waals surface area (Å²) in [5.41, 5.74) is -0.209. The van der Waals surface area contributed by atoms with Crippen molar-refractivity contribution in [3.63, 3.8) is 0 Å². The van der Waals surface area contributed by atoms with Crippen molar-refractivity contribution in [3.05, 3.63) is 29.6 Å². The van der Waals surface area contributed by atoms with E-state index in [2.05, 4.69) is 4.74 Å². The first-order chi connectivity index (χ1) is 10.4. The Morgan fingerprint density at radius 2 is 2.14 bits per heavy atom. The SMILES string of the molecule is O=C(O)CC1CCCN1C(=O)c1ccc(F)cc1OC(F)F. The van der Waals surface area contributed by atoms with Crippen LogP contribution >= 0.6 is 0 Å². The summed E-state index contributed by atoms with van der Waals surface area (Å²) < 4.78 is 42.1. The minimum atomic E-state index is -3.19. The van der Waals surface area contributed by atoms with E-state index in [0.717, 1.165) is 12.1 Å². The van der Waals surface area contributed by atoms with Gasteiger partial charge in [-0.3, -0.25) is 9.59 Å². The number of nitrogens with zero attached hydrogens (tertiary/aromatic N) is 1.